The predicted octanol–water partition coefficient (Wildman–Crippen LogP) is 4.44. The van der Waals surface area contributed by atoms with Crippen molar-refractivity contribution in [3.63, 3.8) is 0 Å². The fourth-order valence-corrected chi connectivity index (χ4v) is 4.88. The van der Waals surface area contributed by atoms with Crippen LogP contribution in [0.4, 0.5) is 14.5 Å². The second kappa shape index (κ2) is 11.4. The standard InChI is InChI=1S/C23H32ClF2N3O3/c1-15-13-28(8-9-29(15)22(31)17-5-3-4-6-17)14-18-11-19(24)12-20(16(18)2)27-21(30)7-10-32-23(25)26/h11-12,15,17,23H,3-10,13-14H2,1-2H3,(H,27,30). The van der Waals surface area contributed by atoms with Crippen molar-refractivity contribution < 1.29 is 23.1 Å². The summed E-state index contributed by atoms with van der Waals surface area (Å²) in [5, 5.41) is 3.24. The lowest BCUT2D eigenvalue weighted by Gasteiger charge is -2.41. The number of carbonyl (C=O) groups excluding carboxylic acids is 2. The summed E-state index contributed by atoms with van der Waals surface area (Å²) < 4.78 is 28.3. The summed E-state index contributed by atoms with van der Waals surface area (Å²) in [5.41, 5.74) is 2.44. The van der Waals surface area contributed by atoms with Crippen LogP contribution >= 0.6 is 11.6 Å². The van der Waals surface area contributed by atoms with Crippen LogP contribution in [0.2, 0.25) is 5.02 Å². The number of piperazine rings is 1. The zero-order valence-electron chi connectivity index (χ0n) is 18.7. The molecular weight excluding hydrogens is 440 g/mol. The minimum atomic E-state index is -2.89. The zero-order chi connectivity index (χ0) is 23.3. The first kappa shape index (κ1) is 24.9. The van der Waals surface area contributed by atoms with E-state index in [0.717, 1.165) is 49.9 Å². The number of hydrogen-bond donors (Lipinski definition) is 1. The van der Waals surface area contributed by atoms with E-state index in [9.17, 15) is 18.4 Å². The highest BCUT2D eigenvalue weighted by atomic mass is 35.5. The molecule has 32 heavy (non-hydrogen) atoms. The highest BCUT2D eigenvalue weighted by Gasteiger charge is 2.33. The SMILES string of the molecule is Cc1c(CN2CCN(C(=O)C3CCCC3)C(C)C2)cc(Cl)cc1NC(=O)CCOC(F)F. The number of nitrogens with one attached hydrogen (secondary N) is 1. The number of benzene rings is 1. The van der Waals surface area contributed by atoms with Gasteiger partial charge < -0.3 is 15.0 Å². The van der Waals surface area contributed by atoms with Gasteiger partial charge >= 0.3 is 6.61 Å². The number of amides is 2. The highest BCUT2D eigenvalue weighted by Crippen LogP contribution is 2.29. The molecule has 2 fully saturated rings. The molecule has 2 amide bonds. The molecule has 1 atom stereocenters. The molecule has 0 spiro atoms. The van der Waals surface area contributed by atoms with Crippen molar-refractivity contribution in [3.05, 3.63) is 28.3 Å². The van der Waals surface area contributed by atoms with Crippen LogP contribution in [0, 0.1) is 12.8 Å². The first-order valence-electron chi connectivity index (χ1n) is 11.3. The van der Waals surface area contributed by atoms with Gasteiger partial charge in [0.1, 0.15) is 0 Å². The summed E-state index contributed by atoms with van der Waals surface area (Å²) in [6.07, 6.45) is 4.15. The van der Waals surface area contributed by atoms with E-state index in [1.54, 1.807) is 6.07 Å². The van der Waals surface area contributed by atoms with Gasteiger partial charge in [-0.15, -0.1) is 0 Å². The molecule has 0 bridgehead atoms. The monoisotopic (exact) mass is 471 g/mol. The van der Waals surface area contributed by atoms with Crippen molar-refractivity contribution in [2.75, 3.05) is 31.6 Å². The van der Waals surface area contributed by atoms with Crippen molar-refractivity contribution in [1.82, 2.24) is 9.80 Å². The second-order valence-corrected chi connectivity index (χ2v) is 9.20. The number of ether oxygens (including phenoxy) is 1. The van der Waals surface area contributed by atoms with Crippen LogP contribution in [0.1, 0.15) is 50.2 Å². The van der Waals surface area contributed by atoms with Gasteiger partial charge in [0, 0.05) is 48.8 Å². The maximum atomic E-state index is 12.8. The third-order valence-electron chi connectivity index (χ3n) is 6.42. The van der Waals surface area contributed by atoms with E-state index >= 15 is 0 Å². The quantitative estimate of drug-likeness (QED) is 0.609. The Kier molecular flexibility index (Phi) is 8.85. The maximum Gasteiger partial charge on any atom is 0.345 e. The van der Waals surface area contributed by atoms with Crippen molar-refractivity contribution in [2.24, 2.45) is 5.92 Å². The zero-order valence-corrected chi connectivity index (χ0v) is 19.5. The smallest absolute Gasteiger partial charge is 0.337 e. The van der Waals surface area contributed by atoms with Crippen LogP contribution in [0.5, 0.6) is 0 Å². The van der Waals surface area contributed by atoms with Crippen molar-refractivity contribution in [1.29, 1.82) is 0 Å². The lowest BCUT2D eigenvalue weighted by atomic mass is 10.0. The molecular formula is C23H32ClF2N3O3. The van der Waals surface area contributed by atoms with Gasteiger partial charge in [0.05, 0.1) is 13.0 Å². The Hall–Kier alpha value is -1.77. The van der Waals surface area contributed by atoms with Crippen LogP contribution < -0.4 is 5.32 Å². The Morgan fingerprint density at radius 1 is 1.25 bits per heavy atom. The highest BCUT2D eigenvalue weighted by molar-refractivity contribution is 6.31. The van der Waals surface area contributed by atoms with E-state index in [2.05, 4.69) is 21.9 Å². The number of rotatable bonds is 8. The van der Waals surface area contributed by atoms with Gasteiger partial charge in [-0.3, -0.25) is 14.5 Å². The molecule has 1 saturated carbocycles. The normalized spacial score (nSPS) is 20.2. The summed E-state index contributed by atoms with van der Waals surface area (Å²) in [7, 11) is 0. The molecule has 1 aliphatic heterocycles. The van der Waals surface area contributed by atoms with Crippen LogP contribution in [0.15, 0.2) is 12.1 Å². The Morgan fingerprint density at radius 2 is 1.97 bits per heavy atom. The number of nitrogens with zero attached hydrogens (tertiary/aromatic N) is 2. The summed E-state index contributed by atoms with van der Waals surface area (Å²) in [4.78, 5) is 29.2. The second-order valence-electron chi connectivity index (χ2n) is 8.76. The van der Waals surface area contributed by atoms with E-state index in [4.69, 9.17) is 11.6 Å². The van der Waals surface area contributed by atoms with Crippen LogP contribution in [-0.2, 0) is 20.9 Å². The number of hydrogen-bond acceptors (Lipinski definition) is 4. The van der Waals surface area contributed by atoms with Crippen molar-refractivity contribution in [3.8, 4) is 0 Å². The van der Waals surface area contributed by atoms with Crippen LogP contribution in [0.25, 0.3) is 0 Å². The third-order valence-corrected chi connectivity index (χ3v) is 6.64. The molecule has 1 aliphatic carbocycles. The number of alkyl halides is 2. The minimum absolute atomic E-state index is 0.144. The van der Waals surface area contributed by atoms with Gasteiger partial charge in [-0.1, -0.05) is 24.4 Å². The minimum Gasteiger partial charge on any atom is -0.337 e. The Labute approximate surface area is 193 Å². The molecule has 2 aliphatic rings. The fraction of sp³-hybridized carbons (Fsp3) is 0.652. The fourth-order valence-electron chi connectivity index (χ4n) is 4.64. The predicted molar refractivity (Wildman–Crippen MR) is 120 cm³/mol. The molecule has 1 unspecified atom stereocenters. The first-order valence-corrected chi connectivity index (χ1v) is 11.6. The number of anilines is 1. The molecule has 1 heterocycles. The topological polar surface area (TPSA) is 61.9 Å². The van der Waals surface area contributed by atoms with E-state index < -0.39 is 12.5 Å². The van der Waals surface area contributed by atoms with Gasteiger partial charge in [-0.25, -0.2) is 0 Å². The molecule has 1 aromatic carbocycles. The summed E-state index contributed by atoms with van der Waals surface area (Å²) >= 11 is 6.29. The molecule has 0 aromatic heterocycles. The van der Waals surface area contributed by atoms with Gasteiger partial charge in [0.2, 0.25) is 11.8 Å². The van der Waals surface area contributed by atoms with Gasteiger partial charge in [-0.05, 0) is 49.9 Å². The van der Waals surface area contributed by atoms with Crippen molar-refractivity contribution in [2.45, 2.75) is 65.1 Å². The average molecular weight is 472 g/mol. The van der Waals surface area contributed by atoms with E-state index in [-0.39, 0.29) is 25.0 Å². The largest absolute Gasteiger partial charge is 0.345 e. The van der Waals surface area contributed by atoms with Crippen LogP contribution in [0.3, 0.4) is 0 Å². The molecule has 1 N–H and O–H groups in total. The Morgan fingerprint density at radius 3 is 2.62 bits per heavy atom. The molecule has 6 nitrogen and oxygen atoms in total. The van der Waals surface area contributed by atoms with Gasteiger partial charge in [-0.2, -0.15) is 8.78 Å². The average Bonchev–Trinajstić information content (AvgIpc) is 3.26. The van der Waals surface area contributed by atoms with Gasteiger partial charge in [0.25, 0.3) is 0 Å². The summed E-state index contributed by atoms with van der Waals surface area (Å²) in [6.45, 7) is 3.68. The molecule has 1 aromatic rings. The molecule has 0 radical (unpaired) electrons. The van der Waals surface area contributed by atoms with Crippen molar-refractivity contribution >= 4 is 29.1 Å². The maximum absolute atomic E-state index is 12.8. The first-order chi connectivity index (χ1) is 15.2. The molecule has 9 heteroatoms. The molecule has 178 valence electrons. The summed E-state index contributed by atoms with van der Waals surface area (Å²) in [6, 6.07) is 3.69. The molecule has 3 rings (SSSR count). The van der Waals surface area contributed by atoms with Gasteiger partial charge in [0.15, 0.2) is 0 Å². The van der Waals surface area contributed by atoms with E-state index in [1.165, 1.54) is 0 Å². The van der Waals surface area contributed by atoms with Crippen LogP contribution in [-0.4, -0.2) is 60.5 Å². The summed E-state index contributed by atoms with van der Waals surface area (Å²) in [5.74, 6) is 0.0838. The lowest BCUT2D eigenvalue weighted by molar-refractivity contribution is -0.140. The third kappa shape index (κ3) is 6.62. The number of carbonyl (C=O) groups is 2. The Bertz CT molecular complexity index is 818. The van der Waals surface area contributed by atoms with E-state index in [1.807, 2.05) is 17.9 Å². The molecule has 1 saturated heterocycles. The number of halogens is 3. The lowest BCUT2D eigenvalue weighted by Crippen LogP contribution is -2.54. The Balaban J connectivity index is 1.59. The van der Waals surface area contributed by atoms with E-state index in [0.29, 0.717) is 29.7 Å².